The van der Waals surface area contributed by atoms with E-state index in [0.29, 0.717) is 10.2 Å². The van der Waals surface area contributed by atoms with E-state index in [1.165, 1.54) is 23.1 Å². The van der Waals surface area contributed by atoms with Crippen LogP contribution in [0.4, 0.5) is 4.39 Å². The van der Waals surface area contributed by atoms with Gasteiger partial charge in [0, 0.05) is 14.1 Å². The van der Waals surface area contributed by atoms with Crippen LogP contribution >= 0.6 is 15.9 Å². The summed E-state index contributed by atoms with van der Waals surface area (Å²) in [6.45, 7) is 1.65. The second-order valence-electron chi connectivity index (χ2n) is 3.57. The maximum atomic E-state index is 12.9. The average Bonchev–Trinajstić information content (AvgIpc) is 2.22. The second-order valence-corrected chi connectivity index (χ2v) is 4.42. The first kappa shape index (κ1) is 13.0. The monoisotopic (exact) mass is 289 g/mol. The van der Waals surface area contributed by atoms with Crippen molar-refractivity contribution >= 4 is 21.8 Å². The van der Waals surface area contributed by atoms with E-state index in [-0.39, 0.29) is 11.7 Å². The zero-order valence-electron chi connectivity index (χ0n) is 9.33. The Balaban J connectivity index is 2.73. The van der Waals surface area contributed by atoms with Crippen LogP contribution in [0.1, 0.15) is 6.92 Å². The van der Waals surface area contributed by atoms with Crippen molar-refractivity contribution in [1.82, 2.24) is 4.90 Å². The fraction of sp³-hybridized carbons (Fsp3) is 0.364. The minimum Gasteiger partial charge on any atom is -0.481 e. The van der Waals surface area contributed by atoms with E-state index in [9.17, 15) is 9.18 Å². The van der Waals surface area contributed by atoms with E-state index in [0.717, 1.165) is 0 Å². The largest absolute Gasteiger partial charge is 0.481 e. The van der Waals surface area contributed by atoms with Gasteiger partial charge in [0.2, 0.25) is 0 Å². The summed E-state index contributed by atoms with van der Waals surface area (Å²) in [5.41, 5.74) is 0. The lowest BCUT2D eigenvalue weighted by Gasteiger charge is -2.18. The molecule has 0 saturated heterocycles. The molecule has 0 bridgehead atoms. The lowest BCUT2D eigenvalue weighted by molar-refractivity contribution is -0.135. The first-order valence-corrected chi connectivity index (χ1v) is 5.54. The van der Waals surface area contributed by atoms with Gasteiger partial charge in [-0.05, 0) is 41.1 Å². The Kier molecular flexibility index (Phi) is 4.29. The van der Waals surface area contributed by atoms with Crippen LogP contribution in [0.15, 0.2) is 22.7 Å². The molecule has 0 heterocycles. The number of rotatable bonds is 3. The Hall–Kier alpha value is -1.10. The van der Waals surface area contributed by atoms with Gasteiger partial charge in [-0.2, -0.15) is 0 Å². The van der Waals surface area contributed by atoms with Gasteiger partial charge in [-0.3, -0.25) is 4.79 Å². The second kappa shape index (κ2) is 5.30. The zero-order chi connectivity index (χ0) is 12.3. The molecule has 0 aliphatic carbocycles. The Morgan fingerprint density at radius 1 is 1.50 bits per heavy atom. The van der Waals surface area contributed by atoms with Crippen molar-refractivity contribution < 1.29 is 13.9 Å². The number of benzene rings is 1. The number of halogens is 2. The van der Waals surface area contributed by atoms with Gasteiger partial charge >= 0.3 is 0 Å². The highest BCUT2D eigenvalue weighted by molar-refractivity contribution is 9.10. The van der Waals surface area contributed by atoms with Crippen LogP contribution < -0.4 is 4.74 Å². The fourth-order valence-corrected chi connectivity index (χ4v) is 1.53. The van der Waals surface area contributed by atoms with Gasteiger partial charge in [0.05, 0.1) is 4.47 Å². The Bertz CT molecular complexity index is 396. The lowest BCUT2D eigenvalue weighted by atomic mass is 10.3. The number of hydrogen-bond donors (Lipinski definition) is 0. The summed E-state index contributed by atoms with van der Waals surface area (Å²) in [4.78, 5) is 13.0. The molecule has 1 aromatic rings. The molecule has 3 nitrogen and oxygen atoms in total. The van der Waals surface area contributed by atoms with E-state index in [1.54, 1.807) is 21.0 Å². The minimum absolute atomic E-state index is 0.138. The van der Waals surface area contributed by atoms with Gasteiger partial charge in [-0.15, -0.1) is 0 Å². The highest BCUT2D eigenvalue weighted by atomic mass is 79.9. The molecule has 0 N–H and O–H groups in total. The van der Waals surface area contributed by atoms with Crippen LogP contribution in [0, 0.1) is 5.82 Å². The number of nitrogens with zero attached hydrogens (tertiary/aromatic N) is 1. The Morgan fingerprint density at radius 3 is 2.62 bits per heavy atom. The molecule has 0 spiro atoms. The number of amides is 1. The van der Waals surface area contributed by atoms with Gasteiger partial charge in [-0.1, -0.05) is 0 Å². The molecule has 1 amide bonds. The number of ether oxygens (including phenoxy) is 1. The molecule has 1 unspecified atom stereocenters. The summed E-state index contributed by atoms with van der Waals surface area (Å²) < 4.78 is 18.6. The molecule has 16 heavy (non-hydrogen) atoms. The van der Waals surface area contributed by atoms with Crippen LogP contribution in [-0.2, 0) is 4.79 Å². The predicted octanol–water partition coefficient (Wildman–Crippen LogP) is 2.44. The molecule has 88 valence electrons. The molecular formula is C11H13BrFNO2. The number of carbonyl (C=O) groups excluding carboxylic acids is 1. The van der Waals surface area contributed by atoms with Crippen LogP contribution in [-0.4, -0.2) is 31.0 Å². The van der Waals surface area contributed by atoms with Crippen molar-refractivity contribution in [2.24, 2.45) is 0 Å². The molecule has 1 atom stereocenters. The smallest absolute Gasteiger partial charge is 0.262 e. The molecule has 0 aromatic heterocycles. The van der Waals surface area contributed by atoms with Gasteiger partial charge in [0.1, 0.15) is 11.6 Å². The summed E-state index contributed by atoms with van der Waals surface area (Å²) in [6.07, 6.45) is -0.590. The van der Waals surface area contributed by atoms with Crippen LogP contribution in [0.25, 0.3) is 0 Å². The molecule has 1 rings (SSSR count). The van der Waals surface area contributed by atoms with Gasteiger partial charge in [0.25, 0.3) is 5.91 Å². The molecule has 0 aliphatic heterocycles. The summed E-state index contributed by atoms with van der Waals surface area (Å²) in [5, 5.41) is 0. The van der Waals surface area contributed by atoms with Gasteiger partial charge in [0.15, 0.2) is 6.10 Å². The minimum atomic E-state index is -0.590. The first-order valence-electron chi connectivity index (χ1n) is 4.74. The fourth-order valence-electron chi connectivity index (χ4n) is 1.17. The van der Waals surface area contributed by atoms with Crippen molar-refractivity contribution in [3.63, 3.8) is 0 Å². The van der Waals surface area contributed by atoms with Crippen molar-refractivity contribution in [2.45, 2.75) is 13.0 Å². The van der Waals surface area contributed by atoms with Crippen LogP contribution in [0.3, 0.4) is 0 Å². The van der Waals surface area contributed by atoms with Crippen molar-refractivity contribution in [3.05, 3.63) is 28.5 Å². The number of hydrogen-bond acceptors (Lipinski definition) is 2. The van der Waals surface area contributed by atoms with Crippen molar-refractivity contribution in [3.8, 4) is 5.75 Å². The predicted molar refractivity (Wildman–Crippen MR) is 62.9 cm³/mol. The average molecular weight is 290 g/mol. The van der Waals surface area contributed by atoms with E-state index < -0.39 is 6.10 Å². The summed E-state index contributed by atoms with van der Waals surface area (Å²) in [6, 6.07) is 4.26. The van der Waals surface area contributed by atoms with Crippen LogP contribution in [0.2, 0.25) is 0 Å². The van der Waals surface area contributed by atoms with E-state index in [2.05, 4.69) is 15.9 Å². The summed E-state index contributed by atoms with van der Waals surface area (Å²) in [5.74, 6) is -0.0460. The molecule has 5 heteroatoms. The molecule has 1 aromatic carbocycles. The Morgan fingerprint density at radius 2 is 2.12 bits per heavy atom. The first-order chi connectivity index (χ1) is 7.41. The summed E-state index contributed by atoms with van der Waals surface area (Å²) in [7, 11) is 3.31. The third-order valence-electron chi connectivity index (χ3n) is 1.99. The normalized spacial score (nSPS) is 12.1. The quantitative estimate of drug-likeness (QED) is 0.855. The van der Waals surface area contributed by atoms with Gasteiger partial charge in [-0.25, -0.2) is 4.39 Å². The molecule has 0 radical (unpaired) electrons. The molecule has 0 saturated carbocycles. The number of carbonyl (C=O) groups is 1. The lowest BCUT2D eigenvalue weighted by Crippen LogP contribution is -2.35. The van der Waals surface area contributed by atoms with Crippen LogP contribution in [0.5, 0.6) is 5.75 Å². The Labute approximate surface area is 102 Å². The third kappa shape index (κ3) is 3.20. The maximum absolute atomic E-state index is 12.9. The topological polar surface area (TPSA) is 29.5 Å². The standard InChI is InChI=1S/C11H13BrFNO2/c1-7(11(15)14(2)3)16-8-4-5-10(13)9(12)6-8/h4-7H,1-3H3. The zero-order valence-corrected chi connectivity index (χ0v) is 10.9. The molecule has 0 fully saturated rings. The summed E-state index contributed by atoms with van der Waals surface area (Å²) >= 11 is 3.05. The van der Waals surface area contributed by atoms with Gasteiger partial charge < -0.3 is 9.64 Å². The van der Waals surface area contributed by atoms with E-state index in [4.69, 9.17) is 4.74 Å². The maximum Gasteiger partial charge on any atom is 0.262 e. The van der Waals surface area contributed by atoms with E-state index in [1.807, 2.05) is 0 Å². The van der Waals surface area contributed by atoms with E-state index >= 15 is 0 Å². The number of likely N-dealkylation sites (N-methyl/N-ethyl adjacent to an activating group) is 1. The van der Waals surface area contributed by atoms with Crippen molar-refractivity contribution in [2.75, 3.05) is 14.1 Å². The third-order valence-corrected chi connectivity index (χ3v) is 2.60. The highest BCUT2D eigenvalue weighted by Gasteiger charge is 2.16. The molecule has 0 aliphatic rings. The highest BCUT2D eigenvalue weighted by Crippen LogP contribution is 2.22. The van der Waals surface area contributed by atoms with Crippen molar-refractivity contribution in [1.29, 1.82) is 0 Å². The SMILES string of the molecule is CC(Oc1ccc(F)c(Br)c1)C(=O)N(C)C. The molecular weight excluding hydrogens is 277 g/mol.